The average Bonchev–Trinajstić information content (AvgIpc) is 2.50. The normalized spacial score (nSPS) is 17.1. The van der Waals surface area contributed by atoms with Gasteiger partial charge in [-0.2, -0.15) is 0 Å². The number of piperidine rings is 1. The summed E-state index contributed by atoms with van der Waals surface area (Å²) in [6, 6.07) is 9.60. The van der Waals surface area contributed by atoms with Crippen molar-refractivity contribution >= 4 is 5.97 Å². The van der Waals surface area contributed by atoms with Crippen molar-refractivity contribution in [3.63, 3.8) is 0 Å². The van der Waals surface area contributed by atoms with E-state index in [1.807, 2.05) is 18.2 Å². The van der Waals surface area contributed by atoms with Gasteiger partial charge in [-0.25, -0.2) is 4.79 Å². The van der Waals surface area contributed by atoms with Gasteiger partial charge in [0.1, 0.15) is 0 Å². The van der Waals surface area contributed by atoms with Crippen LogP contribution in [0.1, 0.15) is 29.6 Å². The van der Waals surface area contributed by atoms with Gasteiger partial charge in [0, 0.05) is 19.1 Å². The van der Waals surface area contributed by atoms with Crippen LogP contribution in [-0.2, 0) is 4.84 Å². The Morgan fingerprint density at radius 2 is 2.00 bits per heavy atom. The summed E-state index contributed by atoms with van der Waals surface area (Å²) in [7, 11) is 0. The molecule has 0 aliphatic carbocycles. The first kappa shape index (κ1) is 15.0. The van der Waals surface area contributed by atoms with E-state index in [1.165, 1.54) is 0 Å². The molecule has 0 unspecified atom stereocenters. The van der Waals surface area contributed by atoms with E-state index in [1.54, 1.807) is 17.2 Å². The molecule has 0 amide bonds. The summed E-state index contributed by atoms with van der Waals surface area (Å²) in [5, 5.41) is 5.24. The molecule has 5 nitrogen and oxygen atoms in total. The van der Waals surface area contributed by atoms with E-state index in [0.717, 1.165) is 45.4 Å². The van der Waals surface area contributed by atoms with Gasteiger partial charge in [0.05, 0.1) is 5.56 Å². The van der Waals surface area contributed by atoms with E-state index in [-0.39, 0.29) is 5.97 Å². The second-order valence-corrected chi connectivity index (χ2v) is 5.04. The van der Waals surface area contributed by atoms with Crippen LogP contribution in [0.25, 0.3) is 0 Å². The van der Waals surface area contributed by atoms with Crippen LogP contribution in [0.4, 0.5) is 0 Å². The van der Waals surface area contributed by atoms with Gasteiger partial charge in [-0.15, -0.1) is 5.06 Å². The second kappa shape index (κ2) is 7.99. The van der Waals surface area contributed by atoms with Gasteiger partial charge in [-0.1, -0.05) is 18.2 Å². The lowest BCUT2D eigenvalue weighted by atomic mass is 10.1. The molecule has 20 heavy (non-hydrogen) atoms. The predicted octanol–water partition coefficient (Wildman–Crippen LogP) is 1.16. The predicted molar refractivity (Wildman–Crippen MR) is 78.1 cm³/mol. The lowest BCUT2D eigenvalue weighted by molar-refractivity contribution is -0.122. The van der Waals surface area contributed by atoms with Crippen molar-refractivity contribution in [1.29, 1.82) is 0 Å². The highest BCUT2D eigenvalue weighted by molar-refractivity contribution is 5.89. The van der Waals surface area contributed by atoms with Crippen LogP contribution in [0.3, 0.4) is 0 Å². The zero-order valence-electron chi connectivity index (χ0n) is 11.8. The SMILES string of the molecule is NCCCNC1CCN(OC(=O)c2ccccc2)CC1. The maximum Gasteiger partial charge on any atom is 0.357 e. The highest BCUT2D eigenvalue weighted by Gasteiger charge is 2.21. The number of hydroxylamine groups is 2. The number of hydrogen-bond acceptors (Lipinski definition) is 5. The van der Waals surface area contributed by atoms with Crippen LogP contribution in [0.5, 0.6) is 0 Å². The molecule has 1 saturated heterocycles. The van der Waals surface area contributed by atoms with Crippen LogP contribution in [-0.4, -0.2) is 43.3 Å². The lowest BCUT2D eigenvalue weighted by Crippen LogP contribution is -2.43. The van der Waals surface area contributed by atoms with Gasteiger partial charge < -0.3 is 15.9 Å². The topological polar surface area (TPSA) is 67.6 Å². The van der Waals surface area contributed by atoms with E-state index >= 15 is 0 Å². The Labute approximate surface area is 120 Å². The zero-order chi connectivity index (χ0) is 14.2. The Bertz CT molecular complexity index is 403. The maximum atomic E-state index is 11.9. The second-order valence-electron chi connectivity index (χ2n) is 5.04. The average molecular weight is 277 g/mol. The Morgan fingerprint density at radius 3 is 2.65 bits per heavy atom. The fourth-order valence-corrected chi connectivity index (χ4v) is 2.30. The molecule has 0 aromatic heterocycles. The van der Waals surface area contributed by atoms with Gasteiger partial charge in [0.25, 0.3) is 0 Å². The van der Waals surface area contributed by atoms with E-state index in [2.05, 4.69) is 5.32 Å². The Hall–Kier alpha value is -1.43. The molecular weight excluding hydrogens is 254 g/mol. The van der Waals surface area contributed by atoms with E-state index in [9.17, 15) is 4.79 Å². The molecule has 5 heteroatoms. The molecule has 3 N–H and O–H groups in total. The molecule has 110 valence electrons. The zero-order valence-corrected chi connectivity index (χ0v) is 11.8. The molecule has 0 saturated carbocycles. The molecule has 1 aromatic carbocycles. The third kappa shape index (κ3) is 4.59. The standard InChI is InChI=1S/C15H23N3O2/c16-9-4-10-17-14-7-11-18(12-8-14)20-15(19)13-5-2-1-3-6-13/h1-3,5-6,14,17H,4,7-12,16H2. The summed E-state index contributed by atoms with van der Waals surface area (Å²) >= 11 is 0. The quantitative estimate of drug-likeness (QED) is 0.764. The molecule has 0 bridgehead atoms. The molecule has 1 fully saturated rings. The summed E-state index contributed by atoms with van der Waals surface area (Å²) < 4.78 is 0. The highest BCUT2D eigenvalue weighted by atomic mass is 16.7. The monoisotopic (exact) mass is 277 g/mol. The van der Waals surface area contributed by atoms with Crippen LogP contribution in [0.2, 0.25) is 0 Å². The first-order chi connectivity index (χ1) is 9.79. The molecule has 0 radical (unpaired) electrons. The van der Waals surface area contributed by atoms with E-state index in [0.29, 0.717) is 11.6 Å². The summed E-state index contributed by atoms with van der Waals surface area (Å²) in [6.45, 7) is 3.24. The fourth-order valence-electron chi connectivity index (χ4n) is 2.30. The van der Waals surface area contributed by atoms with Gasteiger partial charge >= 0.3 is 5.97 Å². The van der Waals surface area contributed by atoms with Crippen molar-refractivity contribution in [3.05, 3.63) is 35.9 Å². The number of carbonyl (C=O) groups excluding carboxylic acids is 1. The van der Waals surface area contributed by atoms with Gasteiger partial charge in [-0.3, -0.25) is 0 Å². The van der Waals surface area contributed by atoms with Crippen molar-refractivity contribution in [2.75, 3.05) is 26.2 Å². The first-order valence-corrected chi connectivity index (χ1v) is 7.25. The molecule has 1 aliphatic heterocycles. The number of hydrogen-bond donors (Lipinski definition) is 2. The Balaban J connectivity index is 1.70. The van der Waals surface area contributed by atoms with Crippen molar-refractivity contribution in [1.82, 2.24) is 10.4 Å². The minimum atomic E-state index is -0.278. The van der Waals surface area contributed by atoms with Gasteiger partial charge in [0.15, 0.2) is 0 Å². The number of carbonyl (C=O) groups is 1. The smallest absolute Gasteiger partial charge is 0.357 e. The number of rotatable bonds is 6. The van der Waals surface area contributed by atoms with Crippen LogP contribution in [0, 0.1) is 0 Å². The summed E-state index contributed by atoms with van der Waals surface area (Å²) in [5.74, 6) is -0.278. The van der Waals surface area contributed by atoms with Crippen molar-refractivity contribution in [2.24, 2.45) is 5.73 Å². The number of nitrogens with zero attached hydrogens (tertiary/aromatic N) is 1. The Morgan fingerprint density at radius 1 is 1.30 bits per heavy atom. The lowest BCUT2D eigenvalue weighted by Gasteiger charge is -2.31. The van der Waals surface area contributed by atoms with Crippen LogP contribution < -0.4 is 11.1 Å². The molecule has 1 aromatic rings. The fraction of sp³-hybridized carbons (Fsp3) is 0.533. The number of nitrogens with one attached hydrogen (secondary N) is 1. The van der Waals surface area contributed by atoms with Gasteiger partial charge in [-0.05, 0) is 44.5 Å². The van der Waals surface area contributed by atoms with Crippen molar-refractivity contribution < 1.29 is 9.63 Å². The molecule has 1 heterocycles. The third-order valence-corrected chi connectivity index (χ3v) is 3.49. The van der Waals surface area contributed by atoms with E-state index in [4.69, 9.17) is 10.6 Å². The maximum absolute atomic E-state index is 11.9. The van der Waals surface area contributed by atoms with Gasteiger partial charge in [0.2, 0.25) is 0 Å². The minimum Gasteiger partial charge on any atom is -0.364 e. The molecule has 1 aliphatic rings. The minimum absolute atomic E-state index is 0.278. The molecular formula is C15H23N3O2. The van der Waals surface area contributed by atoms with Crippen molar-refractivity contribution in [2.45, 2.75) is 25.3 Å². The largest absolute Gasteiger partial charge is 0.364 e. The molecule has 0 spiro atoms. The molecule has 2 rings (SSSR count). The third-order valence-electron chi connectivity index (χ3n) is 3.49. The van der Waals surface area contributed by atoms with Crippen LogP contribution >= 0.6 is 0 Å². The van der Waals surface area contributed by atoms with Crippen LogP contribution in [0.15, 0.2) is 30.3 Å². The summed E-state index contributed by atoms with van der Waals surface area (Å²) in [6.07, 6.45) is 2.99. The summed E-state index contributed by atoms with van der Waals surface area (Å²) in [4.78, 5) is 17.3. The molecule has 0 atom stereocenters. The summed E-state index contributed by atoms with van der Waals surface area (Å²) in [5.41, 5.74) is 6.06. The Kier molecular flexibility index (Phi) is 5.98. The van der Waals surface area contributed by atoms with Crippen molar-refractivity contribution in [3.8, 4) is 0 Å². The number of benzene rings is 1. The number of nitrogens with two attached hydrogens (primary N) is 1. The van der Waals surface area contributed by atoms with E-state index < -0.39 is 0 Å². The first-order valence-electron chi connectivity index (χ1n) is 7.25. The highest BCUT2D eigenvalue weighted by Crippen LogP contribution is 2.12.